The summed E-state index contributed by atoms with van der Waals surface area (Å²) < 4.78 is 0. The van der Waals surface area contributed by atoms with Crippen LogP contribution in [0.2, 0.25) is 0 Å². The van der Waals surface area contributed by atoms with Gasteiger partial charge in [-0.15, -0.1) is 0 Å². The average Bonchev–Trinajstić information content (AvgIpc) is 2.30. The van der Waals surface area contributed by atoms with Gasteiger partial charge in [0.2, 0.25) is 0 Å². The van der Waals surface area contributed by atoms with Crippen molar-refractivity contribution in [3.8, 4) is 0 Å². The molecule has 1 atom stereocenters. The number of likely N-dealkylation sites (N-methyl/N-ethyl adjacent to an activating group) is 1. The highest BCUT2D eigenvalue weighted by atomic mass is 16.4. The van der Waals surface area contributed by atoms with Crippen LogP contribution in [0.1, 0.15) is 20.3 Å². The van der Waals surface area contributed by atoms with E-state index >= 15 is 0 Å². The predicted octanol–water partition coefficient (Wildman–Crippen LogP) is 1.11. The van der Waals surface area contributed by atoms with Crippen LogP contribution in [0.25, 0.3) is 0 Å². The molecule has 0 amide bonds. The minimum Gasteiger partial charge on any atom is -0.478 e. The number of aliphatic carboxylic acids is 1. The first-order valence-corrected chi connectivity index (χ1v) is 4.14. The van der Waals surface area contributed by atoms with Crippen LogP contribution >= 0.6 is 0 Å². The van der Waals surface area contributed by atoms with E-state index in [4.69, 9.17) is 5.11 Å². The van der Waals surface area contributed by atoms with E-state index in [-0.39, 0.29) is 0 Å². The van der Waals surface area contributed by atoms with Crippen LogP contribution < -0.4 is 0 Å². The monoisotopic (exact) mass is 169 g/mol. The summed E-state index contributed by atoms with van der Waals surface area (Å²) in [5, 5.41) is 8.74. The van der Waals surface area contributed by atoms with Gasteiger partial charge in [0.15, 0.2) is 0 Å². The quantitative estimate of drug-likeness (QED) is 0.598. The van der Waals surface area contributed by atoms with E-state index in [1.807, 2.05) is 7.05 Å². The van der Waals surface area contributed by atoms with E-state index in [0.29, 0.717) is 11.6 Å². The van der Waals surface area contributed by atoms with Crippen LogP contribution in [0, 0.1) is 0 Å². The lowest BCUT2D eigenvalue weighted by Gasteiger charge is -2.11. The fourth-order valence-corrected chi connectivity index (χ4v) is 1.46. The third kappa shape index (κ3) is 1.67. The molecule has 3 nitrogen and oxygen atoms in total. The summed E-state index contributed by atoms with van der Waals surface area (Å²) in [6.45, 7) is 4.60. The smallest absolute Gasteiger partial charge is 0.331 e. The highest BCUT2D eigenvalue weighted by Gasteiger charge is 2.23. The van der Waals surface area contributed by atoms with Crippen molar-refractivity contribution in [3.05, 3.63) is 11.1 Å². The number of carboxylic acid groups (broad SMARTS) is 1. The maximum Gasteiger partial charge on any atom is 0.331 e. The van der Waals surface area contributed by atoms with Crippen LogP contribution in [0.3, 0.4) is 0 Å². The van der Waals surface area contributed by atoms with E-state index < -0.39 is 5.97 Å². The molecule has 1 saturated heterocycles. The Balaban J connectivity index is 2.79. The molecule has 0 aromatic heterocycles. The highest BCUT2D eigenvalue weighted by Crippen LogP contribution is 2.23. The molecule has 0 saturated carbocycles. The van der Waals surface area contributed by atoms with Crippen molar-refractivity contribution in [3.63, 3.8) is 0 Å². The first kappa shape index (κ1) is 9.26. The molecule has 0 aromatic carbocycles. The molecule has 0 spiro atoms. The van der Waals surface area contributed by atoms with E-state index in [9.17, 15) is 4.79 Å². The third-order valence-electron chi connectivity index (χ3n) is 2.59. The van der Waals surface area contributed by atoms with Crippen molar-refractivity contribution in [2.24, 2.45) is 0 Å². The minimum absolute atomic E-state index is 0.481. The van der Waals surface area contributed by atoms with Crippen LogP contribution in [-0.4, -0.2) is 35.6 Å². The summed E-state index contributed by atoms with van der Waals surface area (Å²) in [6, 6.07) is 0.481. The minimum atomic E-state index is -0.785. The third-order valence-corrected chi connectivity index (χ3v) is 2.59. The first-order chi connectivity index (χ1) is 5.52. The zero-order valence-electron chi connectivity index (χ0n) is 7.79. The van der Waals surface area contributed by atoms with Crippen molar-refractivity contribution in [1.29, 1.82) is 0 Å². The largest absolute Gasteiger partial charge is 0.478 e. The van der Waals surface area contributed by atoms with E-state index in [2.05, 4.69) is 11.8 Å². The van der Waals surface area contributed by atoms with Gasteiger partial charge in [-0.2, -0.15) is 0 Å². The fraction of sp³-hybridized carbons (Fsp3) is 0.667. The molecule has 1 aliphatic rings. The molecule has 1 fully saturated rings. The lowest BCUT2D eigenvalue weighted by molar-refractivity contribution is -0.132. The van der Waals surface area contributed by atoms with Crippen LogP contribution in [-0.2, 0) is 4.79 Å². The zero-order chi connectivity index (χ0) is 9.30. The highest BCUT2D eigenvalue weighted by molar-refractivity contribution is 5.87. The van der Waals surface area contributed by atoms with Crippen LogP contribution in [0.15, 0.2) is 11.1 Å². The van der Waals surface area contributed by atoms with Gasteiger partial charge < -0.3 is 5.11 Å². The lowest BCUT2D eigenvalue weighted by atomic mass is 10.1. The summed E-state index contributed by atoms with van der Waals surface area (Å²) in [5.74, 6) is -0.785. The maximum atomic E-state index is 10.6. The Morgan fingerprint density at radius 2 is 2.25 bits per heavy atom. The maximum absolute atomic E-state index is 10.6. The van der Waals surface area contributed by atoms with Crippen molar-refractivity contribution in [2.75, 3.05) is 13.6 Å². The van der Waals surface area contributed by atoms with E-state index in [1.54, 1.807) is 6.92 Å². The molecule has 3 heteroatoms. The molecule has 0 radical (unpaired) electrons. The Kier molecular flexibility index (Phi) is 2.52. The second kappa shape index (κ2) is 3.27. The van der Waals surface area contributed by atoms with Crippen molar-refractivity contribution in [1.82, 2.24) is 4.90 Å². The SMILES string of the molecule is CC(C(=O)O)=C1CC(C)N(C)C1. The molecular formula is C9H15NO2. The second-order valence-corrected chi connectivity index (χ2v) is 3.50. The van der Waals surface area contributed by atoms with Gasteiger partial charge in [-0.05, 0) is 32.9 Å². The number of carboxylic acids is 1. The van der Waals surface area contributed by atoms with Gasteiger partial charge in [0, 0.05) is 18.2 Å². The molecular weight excluding hydrogens is 154 g/mol. The van der Waals surface area contributed by atoms with Gasteiger partial charge in [-0.1, -0.05) is 0 Å². The number of rotatable bonds is 1. The number of hydrogen-bond donors (Lipinski definition) is 1. The summed E-state index contributed by atoms with van der Waals surface area (Å²) in [4.78, 5) is 12.8. The Labute approximate surface area is 72.7 Å². The van der Waals surface area contributed by atoms with Gasteiger partial charge >= 0.3 is 5.97 Å². The van der Waals surface area contributed by atoms with Crippen molar-refractivity contribution < 1.29 is 9.90 Å². The van der Waals surface area contributed by atoms with Gasteiger partial charge in [0.05, 0.1) is 0 Å². The number of hydrogen-bond acceptors (Lipinski definition) is 2. The molecule has 1 unspecified atom stereocenters. The number of nitrogens with zero attached hydrogens (tertiary/aromatic N) is 1. The molecule has 0 aliphatic carbocycles. The van der Waals surface area contributed by atoms with Crippen LogP contribution in [0.4, 0.5) is 0 Å². The normalized spacial score (nSPS) is 29.1. The standard InChI is InChI=1S/C9H15NO2/c1-6-4-8(5-10(6)3)7(2)9(11)12/h6H,4-5H2,1-3H3,(H,11,12). The summed E-state index contributed by atoms with van der Waals surface area (Å²) in [5.41, 5.74) is 1.59. The van der Waals surface area contributed by atoms with Crippen molar-refractivity contribution >= 4 is 5.97 Å². The molecule has 1 rings (SSSR count). The Morgan fingerprint density at radius 3 is 2.58 bits per heavy atom. The van der Waals surface area contributed by atoms with Crippen LogP contribution in [0.5, 0.6) is 0 Å². The topological polar surface area (TPSA) is 40.5 Å². The van der Waals surface area contributed by atoms with E-state index in [0.717, 1.165) is 18.5 Å². The fourth-order valence-electron chi connectivity index (χ4n) is 1.46. The molecule has 68 valence electrons. The lowest BCUT2D eigenvalue weighted by Crippen LogP contribution is -2.21. The second-order valence-electron chi connectivity index (χ2n) is 3.50. The summed E-state index contributed by atoms with van der Waals surface area (Å²) >= 11 is 0. The Hall–Kier alpha value is -0.830. The average molecular weight is 169 g/mol. The van der Waals surface area contributed by atoms with E-state index in [1.165, 1.54) is 0 Å². The Morgan fingerprint density at radius 1 is 1.67 bits per heavy atom. The molecule has 1 N–H and O–H groups in total. The first-order valence-electron chi connectivity index (χ1n) is 4.14. The molecule has 12 heavy (non-hydrogen) atoms. The van der Waals surface area contributed by atoms with Gasteiger partial charge in [0.25, 0.3) is 0 Å². The molecule has 1 heterocycles. The predicted molar refractivity (Wildman–Crippen MR) is 47.0 cm³/mol. The summed E-state index contributed by atoms with van der Waals surface area (Å²) in [7, 11) is 2.02. The van der Waals surface area contributed by atoms with Gasteiger partial charge in [0.1, 0.15) is 0 Å². The molecule has 1 aliphatic heterocycles. The van der Waals surface area contributed by atoms with Gasteiger partial charge in [-0.3, -0.25) is 4.90 Å². The van der Waals surface area contributed by atoms with Gasteiger partial charge in [-0.25, -0.2) is 4.79 Å². The zero-order valence-corrected chi connectivity index (χ0v) is 7.79. The summed E-state index contributed by atoms with van der Waals surface area (Å²) in [6.07, 6.45) is 0.897. The number of carbonyl (C=O) groups is 1. The Bertz CT molecular complexity index is 221. The molecule has 0 bridgehead atoms. The molecule has 0 aromatic rings. The van der Waals surface area contributed by atoms with Crippen molar-refractivity contribution in [2.45, 2.75) is 26.3 Å². The number of likely N-dealkylation sites (tertiary alicyclic amines) is 1.